The highest BCUT2D eigenvalue weighted by atomic mass is 16.6. The van der Waals surface area contributed by atoms with E-state index in [0.29, 0.717) is 17.2 Å². The Morgan fingerprint density at radius 1 is 1.05 bits per heavy atom. The lowest BCUT2D eigenvalue weighted by molar-refractivity contribution is 0.213. The van der Waals surface area contributed by atoms with E-state index in [2.05, 4.69) is 12.2 Å². The molecule has 0 aromatic heterocycles. The van der Waals surface area contributed by atoms with E-state index < -0.39 is 6.09 Å². The van der Waals surface area contributed by atoms with Gasteiger partial charge in [0.15, 0.2) is 11.5 Å². The van der Waals surface area contributed by atoms with Gasteiger partial charge in [-0.1, -0.05) is 24.3 Å². The fourth-order valence-corrected chi connectivity index (χ4v) is 1.53. The highest BCUT2D eigenvalue weighted by molar-refractivity contribution is 5.86. The van der Waals surface area contributed by atoms with E-state index in [9.17, 15) is 4.79 Å². The third-order valence-electron chi connectivity index (χ3n) is 2.47. The molecule has 0 atom stereocenters. The molecule has 97 valence electrons. The summed E-state index contributed by atoms with van der Waals surface area (Å²) < 4.78 is 10.3. The second-order valence-corrected chi connectivity index (χ2v) is 3.86. The molecule has 1 radical (unpaired) electrons. The molecule has 2 aromatic carbocycles. The lowest BCUT2D eigenvalue weighted by Crippen LogP contribution is -2.17. The summed E-state index contributed by atoms with van der Waals surface area (Å²) in [5.41, 5.74) is 1.52. The van der Waals surface area contributed by atoms with Crippen molar-refractivity contribution in [3.05, 3.63) is 61.0 Å². The third-order valence-corrected chi connectivity index (χ3v) is 2.47. The summed E-state index contributed by atoms with van der Waals surface area (Å²) in [7, 11) is 1.52. The van der Waals surface area contributed by atoms with Crippen LogP contribution in [0.4, 0.5) is 10.5 Å². The van der Waals surface area contributed by atoms with Crippen molar-refractivity contribution in [2.24, 2.45) is 0 Å². The van der Waals surface area contributed by atoms with E-state index in [1.54, 1.807) is 48.5 Å². The number of carbonyl (C=O) groups is 1. The minimum Gasteiger partial charge on any atom is -0.493 e. The van der Waals surface area contributed by atoms with Crippen molar-refractivity contribution in [2.45, 2.75) is 0 Å². The first-order valence-electron chi connectivity index (χ1n) is 5.73. The summed E-state index contributed by atoms with van der Waals surface area (Å²) in [5.74, 6) is 0.877. The molecular weight excluding hydrogens is 242 g/mol. The van der Waals surface area contributed by atoms with Gasteiger partial charge < -0.3 is 9.47 Å². The van der Waals surface area contributed by atoms with Crippen molar-refractivity contribution in [1.29, 1.82) is 0 Å². The second-order valence-electron chi connectivity index (χ2n) is 3.86. The highest BCUT2D eigenvalue weighted by Crippen LogP contribution is 2.26. The number of benzene rings is 2. The Morgan fingerprint density at radius 3 is 2.32 bits per heavy atom. The Morgan fingerprint density at radius 2 is 1.68 bits per heavy atom. The molecule has 4 nitrogen and oxygen atoms in total. The van der Waals surface area contributed by atoms with Crippen LogP contribution in [0.5, 0.6) is 11.5 Å². The summed E-state index contributed by atoms with van der Waals surface area (Å²) in [4.78, 5) is 11.7. The molecule has 0 bridgehead atoms. The van der Waals surface area contributed by atoms with E-state index in [1.807, 2.05) is 0 Å². The van der Waals surface area contributed by atoms with Gasteiger partial charge in [0.2, 0.25) is 0 Å². The zero-order chi connectivity index (χ0) is 13.7. The lowest BCUT2D eigenvalue weighted by Gasteiger charge is -2.09. The molecule has 0 aliphatic rings. The van der Waals surface area contributed by atoms with Crippen LogP contribution >= 0.6 is 0 Å². The maximum Gasteiger partial charge on any atom is 0.417 e. The quantitative estimate of drug-likeness (QED) is 0.914. The van der Waals surface area contributed by atoms with Crippen LogP contribution in [0.15, 0.2) is 48.5 Å². The standard InChI is InChI=1S/C15H14NO3/c1-11-7-9-12(10-8-11)16-15(17)19-14-6-4-3-5-13(14)18-2/h3-10H,1H2,2H3,(H,16,17). The number of amides is 1. The Labute approximate surface area is 112 Å². The minimum atomic E-state index is -0.568. The van der Waals surface area contributed by atoms with E-state index in [1.165, 1.54) is 7.11 Å². The molecule has 19 heavy (non-hydrogen) atoms. The fraction of sp³-hybridized carbons (Fsp3) is 0.0667. The third kappa shape index (κ3) is 3.48. The van der Waals surface area contributed by atoms with Crippen LogP contribution in [0.1, 0.15) is 5.56 Å². The highest BCUT2D eigenvalue weighted by Gasteiger charge is 2.09. The molecule has 2 rings (SSSR count). The fourth-order valence-electron chi connectivity index (χ4n) is 1.53. The molecule has 0 spiro atoms. The van der Waals surface area contributed by atoms with Crippen molar-refractivity contribution in [3.8, 4) is 11.5 Å². The summed E-state index contributed by atoms with van der Waals surface area (Å²) in [6, 6.07) is 14.1. The molecule has 0 saturated heterocycles. The molecule has 0 saturated carbocycles. The van der Waals surface area contributed by atoms with E-state index in [0.717, 1.165) is 5.56 Å². The molecule has 2 aromatic rings. The molecule has 0 heterocycles. The second kappa shape index (κ2) is 5.91. The Balaban J connectivity index is 2.03. The molecular formula is C15H14NO3. The lowest BCUT2D eigenvalue weighted by atomic mass is 10.2. The first-order valence-corrected chi connectivity index (χ1v) is 5.73. The predicted molar refractivity (Wildman–Crippen MR) is 73.5 cm³/mol. The van der Waals surface area contributed by atoms with Crippen molar-refractivity contribution in [2.75, 3.05) is 12.4 Å². The zero-order valence-electron chi connectivity index (χ0n) is 10.6. The number of ether oxygens (including phenoxy) is 2. The number of methoxy groups -OCH3 is 1. The van der Waals surface area contributed by atoms with Gasteiger partial charge in [0.05, 0.1) is 7.11 Å². The van der Waals surface area contributed by atoms with Gasteiger partial charge in [0.25, 0.3) is 0 Å². The Bertz CT molecular complexity index is 564. The van der Waals surface area contributed by atoms with Crippen LogP contribution in [-0.4, -0.2) is 13.2 Å². The molecule has 0 aliphatic carbocycles. The SMILES string of the molecule is [CH2]c1ccc(NC(=O)Oc2ccccc2OC)cc1. The van der Waals surface area contributed by atoms with Crippen LogP contribution in [0, 0.1) is 6.92 Å². The monoisotopic (exact) mass is 256 g/mol. The average Bonchev–Trinajstić information content (AvgIpc) is 2.42. The van der Waals surface area contributed by atoms with Gasteiger partial charge in [-0.25, -0.2) is 4.79 Å². The normalized spacial score (nSPS) is 9.79. The maximum atomic E-state index is 11.7. The molecule has 0 fully saturated rings. The molecule has 1 amide bonds. The van der Waals surface area contributed by atoms with Crippen LogP contribution in [0.25, 0.3) is 0 Å². The van der Waals surface area contributed by atoms with E-state index in [-0.39, 0.29) is 0 Å². The zero-order valence-corrected chi connectivity index (χ0v) is 10.6. The number of nitrogens with one attached hydrogen (secondary N) is 1. The molecule has 0 aliphatic heterocycles. The van der Waals surface area contributed by atoms with Crippen molar-refractivity contribution in [3.63, 3.8) is 0 Å². The first-order chi connectivity index (χ1) is 9.19. The van der Waals surface area contributed by atoms with Crippen molar-refractivity contribution >= 4 is 11.8 Å². The number of anilines is 1. The summed E-state index contributed by atoms with van der Waals surface area (Å²) in [6.45, 7) is 3.77. The van der Waals surface area contributed by atoms with Crippen molar-refractivity contribution < 1.29 is 14.3 Å². The van der Waals surface area contributed by atoms with E-state index in [4.69, 9.17) is 9.47 Å². The van der Waals surface area contributed by atoms with Gasteiger partial charge in [-0.2, -0.15) is 0 Å². The van der Waals surface area contributed by atoms with E-state index >= 15 is 0 Å². The smallest absolute Gasteiger partial charge is 0.417 e. The van der Waals surface area contributed by atoms with Gasteiger partial charge in [0, 0.05) is 5.69 Å². The first kappa shape index (κ1) is 13.0. The minimum absolute atomic E-state index is 0.372. The van der Waals surface area contributed by atoms with Crippen LogP contribution < -0.4 is 14.8 Å². The molecule has 4 heteroatoms. The van der Waals surface area contributed by atoms with Gasteiger partial charge in [-0.3, -0.25) is 5.32 Å². The molecule has 1 N–H and O–H groups in total. The largest absolute Gasteiger partial charge is 0.493 e. The Kier molecular flexibility index (Phi) is 4.03. The van der Waals surface area contributed by atoms with Crippen molar-refractivity contribution in [1.82, 2.24) is 0 Å². The van der Waals surface area contributed by atoms with Gasteiger partial charge in [0.1, 0.15) is 0 Å². The van der Waals surface area contributed by atoms with Crippen LogP contribution in [0.2, 0.25) is 0 Å². The molecule has 0 unspecified atom stereocenters. The topological polar surface area (TPSA) is 47.6 Å². The van der Waals surface area contributed by atoms with Crippen LogP contribution in [-0.2, 0) is 0 Å². The summed E-state index contributed by atoms with van der Waals surface area (Å²) in [5, 5.41) is 2.62. The van der Waals surface area contributed by atoms with Gasteiger partial charge in [-0.05, 0) is 36.8 Å². The number of rotatable bonds is 3. The number of carbonyl (C=O) groups excluding carboxylic acids is 1. The number of para-hydroxylation sites is 2. The van der Waals surface area contributed by atoms with Gasteiger partial charge >= 0.3 is 6.09 Å². The maximum absolute atomic E-state index is 11.7. The van der Waals surface area contributed by atoms with Crippen LogP contribution in [0.3, 0.4) is 0 Å². The number of hydrogen-bond acceptors (Lipinski definition) is 3. The summed E-state index contributed by atoms with van der Waals surface area (Å²) >= 11 is 0. The average molecular weight is 256 g/mol. The van der Waals surface area contributed by atoms with Gasteiger partial charge in [-0.15, -0.1) is 0 Å². The Hall–Kier alpha value is -2.49. The predicted octanol–water partition coefficient (Wildman–Crippen LogP) is 3.49. The summed E-state index contributed by atoms with van der Waals surface area (Å²) in [6.07, 6.45) is -0.568. The number of hydrogen-bond donors (Lipinski definition) is 1.